The van der Waals surface area contributed by atoms with Crippen LogP contribution in [0.4, 0.5) is 5.13 Å². The highest BCUT2D eigenvalue weighted by molar-refractivity contribution is 7.91. The van der Waals surface area contributed by atoms with E-state index >= 15 is 0 Å². The third-order valence-corrected chi connectivity index (χ3v) is 5.00. The van der Waals surface area contributed by atoms with Crippen LogP contribution in [-0.4, -0.2) is 25.1 Å². The smallest absolute Gasteiger partial charge is 0.249 e. The number of nitrogens with two attached hydrogens (primary N) is 1. The number of nitrogens with zero attached hydrogens (tertiary/aromatic N) is 1. The predicted octanol–water partition coefficient (Wildman–Crippen LogP) is 1.24. The van der Waals surface area contributed by atoms with E-state index in [1.54, 1.807) is 0 Å². The number of thiazole rings is 1. The molecule has 0 aliphatic carbocycles. The summed E-state index contributed by atoms with van der Waals surface area (Å²) < 4.78 is 22.2. The summed E-state index contributed by atoms with van der Waals surface area (Å²) in [5, 5.41) is 18.3. The summed E-state index contributed by atoms with van der Waals surface area (Å²) in [5.74, 6) is 0. The van der Waals surface area contributed by atoms with Crippen LogP contribution in [0.15, 0.2) is 34.7 Å². The maximum absolute atomic E-state index is 11.1. The molecule has 20 heavy (non-hydrogen) atoms. The molecule has 0 aliphatic rings. The van der Waals surface area contributed by atoms with Gasteiger partial charge in [-0.3, -0.25) is 0 Å². The molecule has 0 saturated heterocycles. The number of anilines is 1. The third-order valence-electron chi connectivity index (χ3n) is 2.64. The van der Waals surface area contributed by atoms with Gasteiger partial charge >= 0.3 is 0 Å². The van der Waals surface area contributed by atoms with Crippen LogP contribution < -0.4 is 10.5 Å². The zero-order chi connectivity index (χ0) is 14.8. The van der Waals surface area contributed by atoms with Crippen LogP contribution in [0.1, 0.15) is 17.2 Å². The van der Waals surface area contributed by atoms with Crippen LogP contribution >= 0.6 is 11.3 Å². The molecule has 8 heteroatoms. The first kappa shape index (κ1) is 14.9. The molecule has 0 radical (unpaired) electrons. The third kappa shape index (κ3) is 3.76. The van der Waals surface area contributed by atoms with Crippen molar-refractivity contribution in [3.05, 3.63) is 41.6 Å². The van der Waals surface area contributed by atoms with Crippen molar-refractivity contribution in [2.75, 3.05) is 11.9 Å². The van der Waals surface area contributed by atoms with Gasteiger partial charge in [-0.1, -0.05) is 41.2 Å². The summed E-state index contributed by atoms with van der Waals surface area (Å²) in [5.41, 5.74) is 1.85. The molecule has 0 aliphatic heterocycles. The van der Waals surface area contributed by atoms with Crippen molar-refractivity contribution in [1.82, 2.24) is 4.98 Å². The van der Waals surface area contributed by atoms with E-state index in [-0.39, 0.29) is 10.8 Å². The van der Waals surface area contributed by atoms with Crippen molar-refractivity contribution >= 4 is 26.5 Å². The summed E-state index contributed by atoms with van der Waals surface area (Å²) in [7, 11) is -3.72. The number of aliphatic hydroxyl groups is 1. The van der Waals surface area contributed by atoms with E-state index in [2.05, 4.69) is 10.3 Å². The molecule has 0 bridgehead atoms. The highest BCUT2D eigenvalue weighted by Gasteiger charge is 2.13. The van der Waals surface area contributed by atoms with Crippen molar-refractivity contribution in [3.8, 4) is 0 Å². The lowest BCUT2D eigenvalue weighted by Crippen LogP contribution is -2.12. The largest absolute Gasteiger partial charge is 0.387 e. The van der Waals surface area contributed by atoms with Crippen molar-refractivity contribution in [2.24, 2.45) is 5.14 Å². The lowest BCUT2D eigenvalue weighted by atomic mass is 10.1. The first-order valence-corrected chi connectivity index (χ1v) is 8.19. The van der Waals surface area contributed by atoms with E-state index in [1.807, 2.05) is 31.2 Å². The number of hydrogen-bond acceptors (Lipinski definition) is 6. The Labute approximate surface area is 121 Å². The number of aryl methyl sites for hydroxylation is 1. The zero-order valence-electron chi connectivity index (χ0n) is 10.8. The minimum absolute atomic E-state index is 0.00922. The van der Waals surface area contributed by atoms with Gasteiger partial charge in [0, 0.05) is 6.54 Å². The number of aliphatic hydroxyl groups excluding tert-OH is 1. The maximum Gasteiger partial charge on any atom is 0.249 e. The second-order valence-corrected chi connectivity index (χ2v) is 7.16. The van der Waals surface area contributed by atoms with Crippen molar-refractivity contribution in [2.45, 2.75) is 17.2 Å². The van der Waals surface area contributed by atoms with Crippen LogP contribution in [0.5, 0.6) is 0 Å². The molecular formula is C12H15N3O3S2. The van der Waals surface area contributed by atoms with Gasteiger partial charge in [-0.2, -0.15) is 0 Å². The van der Waals surface area contributed by atoms with Gasteiger partial charge in [-0.15, -0.1) is 0 Å². The number of aromatic nitrogens is 1. The Kier molecular flexibility index (Phi) is 4.39. The summed E-state index contributed by atoms with van der Waals surface area (Å²) in [6, 6.07) is 7.54. The molecule has 0 spiro atoms. The fraction of sp³-hybridized carbons (Fsp3) is 0.250. The molecule has 1 unspecified atom stereocenters. The van der Waals surface area contributed by atoms with E-state index in [4.69, 9.17) is 5.14 Å². The summed E-state index contributed by atoms with van der Waals surface area (Å²) in [6.45, 7) is 2.18. The molecule has 108 valence electrons. The molecule has 1 aromatic heterocycles. The highest BCUT2D eigenvalue weighted by atomic mass is 32.2. The molecule has 6 nitrogen and oxygen atoms in total. The second kappa shape index (κ2) is 5.88. The van der Waals surface area contributed by atoms with Crippen LogP contribution in [0, 0.1) is 6.92 Å². The lowest BCUT2D eigenvalue weighted by molar-refractivity contribution is 0.191. The first-order valence-electron chi connectivity index (χ1n) is 5.83. The van der Waals surface area contributed by atoms with Gasteiger partial charge in [0.2, 0.25) is 10.0 Å². The van der Waals surface area contributed by atoms with Gasteiger partial charge in [0.05, 0.1) is 12.3 Å². The number of rotatable bonds is 5. The molecule has 2 rings (SSSR count). The zero-order valence-corrected chi connectivity index (χ0v) is 12.4. The molecule has 2 aromatic rings. The van der Waals surface area contributed by atoms with E-state index in [9.17, 15) is 13.5 Å². The molecule has 0 saturated carbocycles. The number of nitrogens with one attached hydrogen (secondary N) is 1. The average molecular weight is 313 g/mol. The minimum atomic E-state index is -3.72. The summed E-state index contributed by atoms with van der Waals surface area (Å²) in [4.78, 5) is 3.90. The Morgan fingerprint density at radius 3 is 2.85 bits per heavy atom. The standard InChI is InChI=1S/C12H15N3O3S2/c1-8-3-2-4-9(5-8)10(16)6-14-12-15-7-11(19-12)20(13,17)18/h2-5,7,10,16H,6H2,1H3,(H,14,15)(H2,13,17,18). The van der Waals surface area contributed by atoms with Crippen molar-refractivity contribution in [1.29, 1.82) is 0 Å². The maximum atomic E-state index is 11.1. The van der Waals surface area contributed by atoms with Crippen LogP contribution in [0.2, 0.25) is 0 Å². The molecular weight excluding hydrogens is 298 g/mol. The topological polar surface area (TPSA) is 105 Å². The molecule has 1 heterocycles. The summed E-state index contributed by atoms with van der Waals surface area (Å²) in [6.07, 6.45) is 0.498. The van der Waals surface area contributed by atoms with Gasteiger partial charge in [-0.25, -0.2) is 18.5 Å². The second-order valence-electron chi connectivity index (χ2n) is 4.34. The first-order chi connectivity index (χ1) is 9.36. The molecule has 1 aromatic carbocycles. The van der Waals surface area contributed by atoms with Gasteiger partial charge in [0.25, 0.3) is 0 Å². The average Bonchev–Trinajstić information content (AvgIpc) is 2.84. The Morgan fingerprint density at radius 2 is 2.25 bits per heavy atom. The lowest BCUT2D eigenvalue weighted by Gasteiger charge is -2.12. The molecule has 4 N–H and O–H groups in total. The Morgan fingerprint density at radius 1 is 1.50 bits per heavy atom. The molecule has 1 atom stereocenters. The SMILES string of the molecule is Cc1cccc(C(O)CNc2ncc(S(N)(=O)=O)s2)c1. The van der Waals surface area contributed by atoms with E-state index in [0.29, 0.717) is 5.13 Å². The van der Waals surface area contributed by atoms with Gasteiger partial charge in [-0.05, 0) is 12.5 Å². The monoisotopic (exact) mass is 313 g/mol. The number of primary sulfonamides is 1. The van der Waals surface area contributed by atoms with Gasteiger partial charge in [0.1, 0.15) is 0 Å². The van der Waals surface area contributed by atoms with E-state index in [0.717, 1.165) is 22.5 Å². The molecule has 0 fully saturated rings. The van der Waals surface area contributed by atoms with Gasteiger partial charge in [0.15, 0.2) is 9.34 Å². The van der Waals surface area contributed by atoms with Crippen LogP contribution in [-0.2, 0) is 10.0 Å². The molecule has 0 amide bonds. The number of sulfonamides is 1. The number of hydrogen-bond donors (Lipinski definition) is 3. The Balaban J connectivity index is 2.00. The van der Waals surface area contributed by atoms with Crippen LogP contribution in [0.25, 0.3) is 0 Å². The Bertz CT molecular complexity index is 697. The number of benzene rings is 1. The van der Waals surface area contributed by atoms with Crippen molar-refractivity contribution in [3.63, 3.8) is 0 Å². The fourth-order valence-electron chi connectivity index (χ4n) is 1.65. The van der Waals surface area contributed by atoms with Crippen LogP contribution in [0.3, 0.4) is 0 Å². The summed E-state index contributed by atoms with van der Waals surface area (Å²) >= 11 is 0.934. The van der Waals surface area contributed by atoms with E-state index in [1.165, 1.54) is 6.20 Å². The van der Waals surface area contributed by atoms with E-state index < -0.39 is 16.1 Å². The normalized spacial score (nSPS) is 13.2. The highest BCUT2D eigenvalue weighted by Crippen LogP contribution is 2.22. The Hall–Kier alpha value is -1.48. The van der Waals surface area contributed by atoms with Crippen molar-refractivity contribution < 1.29 is 13.5 Å². The minimum Gasteiger partial charge on any atom is -0.387 e. The quantitative estimate of drug-likeness (QED) is 0.770. The predicted molar refractivity (Wildman–Crippen MR) is 78.1 cm³/mol. The van der Waals surface area contributed by atoms with Gasteiger partial charge < -0.3 is 10.4 Å². The fourth-order valence-corrected chi connectivity index (χ4v) is 3.11.